The van der Waals surface area contributed by atoms with Gasteiger partial charge in [-0.15, -0.1) is 0 Å². The lowest BCUT2D eigenvalue weighted by Gasteiger charge is -2.14. The molecule has 1 aliphatic rings. The molecule has 3 aromatic rings. The molecule has 0 radical (unpaired) electrons. The molecule has 1 fully saturated rings. The molecule has 2 aromatic heterocycles. The Morgan fingerprint density at radius 2 is 2.06 bits per heavy atom. The predicted molar refractivity (Wildman–Crippen MR) is 113 cm³/mol. The normalized spacial score (nSPS) is 13.6. The third kappa shape index (κ3) is 4.15. The van der Waals surface area contributed by atoms with E-state index in [0.29, 0.717) is 23.7 Å². The Hall–Kier alpha value is -3.29. The Kier molecular flexibility index (Phi) is 5.71. The first-order chi connectivity index (χ1) is 14.9. The molecule has 8 heteroatoms. The average Bonchev–Trinajstić information content (AvgIpc) is 3.32. The highest BCUT2D eigenvalue weighted by Gasteiger charge is 2.38. The van der Waals surface area contributed by atoms with Crippen LogP contribution in [0.25, 0.3) is 5.69 Å². The Morgan fingerprint density at radius 3 is 2.68 bits per heavy atom. The first kappa shape index (κ1) is 21.0. The van der Waals surface area contributed by atoms with Crippen LogP contribution in [0.15, 0.2) is 29.0 Å². The second kappa shape index (κ2) is 8.45. The zero-order valence-corrected chi connectivity index (χ0v) is 18.2. The molecule has 162 valence electrons. The maximum atomic E-state index is 13.7. The minimum atomic E-state index is -0.637. The number of aromatic nitrogens is 4. The Bertz CT molecular complexity index is 1120. The van der Waals surface area contributed by atoms with Crippen LogP contribution < -0.4 is 0 Å². The lowest BCUT2D eigenvalue weighted by Crippen LogP contribution is -2.15. The van der Waals surface area contributed by atoms with Crippen LogP contribution in [-0.4, -0.2) is 38.3 Å². The summed E-state index contributed by atoms with van der Waals surface area (Å²) < 4.78 is 12.3. The fraction of sp³-hybridized carbons (Fsp3) is 0.435. The van der Waals surface area contributed by atoms with Gasteiger partial charge in [0.05, 0.1) is 12.3 Å². The summed E-state index contributed by atoms with van der Waals surface area (Å²) in [7, 11) is 0. The first-order valence-corrected chi connectivity index (χ1v) is 10.6. The van der Waals surface area contributed by atoms with Crippen LogP contribution in [-0.2, 0) is 11.2 Å². The molecule has 0 unspecified atom stereocenters. The van der Waals surface area contributed by atoms with Gasteiger partial charge in [0.25, 0.3) is 0 Å². The van der Waals surface area contributed by atoms with Gasteiger partial charge in [-0.2, -0.15) is 5.10 Å². The van der Waals surface area contributed by atoms with Crippen molar-refractivity contribution < 1.29 is 18.8 Å². The third-order valence-electron chi connectivity index (χ3n) is 5.29. The van der Waals surface area contributed by atoms with E-state index in [4.69, 9.17) is 9.26 Å². The number of aryl methyl sites for hydroxylation is 1. The van der Waals surface area contributed by atoms with E-state index in [-0.39, 0.29) is 29.6 Å². The summed E-state index contributed by atoms with van der Waals surface area (Å²) in [5.41, 5.74) is 2.44. The fourth-order valence-electron chi connectivity index (χ4n) is 3.71. The topological polar surface area (TPSA) is 100 Å². The van der Waals surface area contributed by atoms with Crippen molar-refractivity contribution in [3.8, 4) is 5.69 Å². The van der Waals surface area contributed by atoms with Crippen LogP contribution in [0.1, 0.15) is 83.1 Å². The zero-order chi connectivity index (χ0) is 22.1. The molecule has 0 saturated heterocycles. The van der Waals surface area contributed by atoms with Crippen LogP contribution in [0.2, 0.25) is 0 Å². The lowest BCUT2D eigenvalue weighted by molar-refractivity contribution is 0.0512. The van der Waals surface area contributed by atoms with Gasteiger partial charge in [0.15, 0.2) is 11.5 Å². The van der Waals surface area contributed by atoms with Gasteiger partial charge in [-0.3, -0.25) is 4.79 Å². The van der Waals surface area contributed by atoms with Gasteiger partial charge < -0.3 is 9.26 Å². The number of hydrogen-bond donors (Lipinski definition) is 0. The van der Waals surface area contributed by atoms with Crippen LogP contribution in [0, 0.1) is 12.8 Å². The molecule has 0 N–H and O–H groups in total. The largest absolute Gasteiger partial charge is 0.461 e. The summed E-state index contributed by atoms with van der Waals surface area (Å²) in [6.45, 7) is 7.98. The predicted octanol–water partition coefficient (Wildman–Crippen LogP) is 4.05. The van der Waals surface area contributed by atoms with Gasteiger partial charge in [0.2, 0.25) is 5.69 Å². The number of carbonyl (C=O) groups excluding carboxylic acids is 2. The molecule has 1 saturated carbocycles. The Labute approximate surface area is 180 Å². The number of nitrogens with zero attached hydrogens (tertiary/aromatic N) is 4. The summed E-state index contributed by atoms with van der Waals surface area (Å²) >= 11 is 0. The van der Waals surface area contributed by atoms with Crippen molar-refractivity contribution >= 4 is 11.8 Å². The third-order valence-corrected chi connectivity index (χ3v) is 5.29. The SMILES string of the molecule is CCOC(=O)c1noc(C2CC2)c1C(=O)c1ccc(-n2ncnc2C)cc1CC(C)C. The van der Waals surface area contributed by atoms with Crippen molar-refractivity contribution in [1.29, 1.82) is 0 Å². The molecule has 0 aliphatic heterocycles. The maximum absolute atomic E-state index is 13.7. The molecule has 1 aromatic carbocycles. The van der Waals surface area contributed by atoms with Crippen molar-refractivity contribution in [2.24, 2.45) is 5.92 Å². The smallest absolute Gasteiger partial charge is 0.361 e. The Morgan fingerprint density at radius 1 is 1.29 bits per heavy atom. The summed E-state index contributed by atoms with van der Waals surface area (Å²) in [5.74, 6) is 0.799. The van der Waals surface area contributed by atoms with E-state index in [1.54, 1.807) is 17.7 Å². The highest BCUT2D eigenvalue weighted by Crippen LogP contribution is 2.43. The molecule has 31 heavy (non-hydrogen) atoms. The van der Waals surface area contributed by atoms with Gasteiger partial charge in [-0.25, -0.2) is 14.5 Å². The molecular formula is C23H26N4O4. The van der Waals surface area contributed by atoms with Crippen LogP contribution in [0.5, 0.6) is 0 Å². The van der Waals surface area contributed by atoms with Gasteiger partial charge in [0.1, 0.15) is 17.7 Å². The molecule has 0 bridgehead atoms. The second-order valence-electron chi connectivity index (χ2n) is 8.25. The van der Waals surface area contributed by atoms with Crippen LogP contribution in [0.4, 0.5) is 0 Å². The van der Waals surface area contributed by atoms with E-state index in [2.05, 4.69) is 29.1 Å². The number of hydrogen-bond acceptors (Lipinski definition) is 7. The summed E-state index contributed by atoms with van der Waals surface area (Å²) in [6, 6.07) is 5.59. The van der Waals surface area contributed by atoms with E-state index in [9.17, 15) is 9.59 Å². The van der Waals surface area contributed by atoms with Gasteiger partial charge in [0, 0.05) is 11.5 Å². The number of ketones is 1. The van der Waals surface area contributed by atoms with Crippen molar-refractivity contribution in [2.45, 2.75) is 52.9 Å². The van der Waals surface area contributed by atoms with E-state index in [0.717, 1.165) is 29.9 Å². The summed E-state index contributed by atoms with van der Waals surface area (Å²) in [4.78, 5) is 30.3. The molecule has 4 rings (SSSR count). The van der Waals surface area contributed by atoms with Crippen molar-refractivity contribution in [1.82, 2.24) is 19.9 Å². The first-order valence-electron chi connectivity index (χ1n) is 10.6. The minimum absolute atomic E-state index is 0.0413. The van der Waals surface area contributed by atoms with Crippen molar-refractivity contribution in [3.05, 3.63) is 58.5 Å². The van der Waals surface area contributed by atoms with E-state index >= 15 is 0 Å². The number of rotatable bonds is 8. The molecule has 8 nitrogen and oxygen atoms in total. The monoisotopic (exact) mass is 422 g/mol. The second-order valence-corrected chi connectivity index (χ2v) is 8.25. The average molecular weight is 422 g/mol. The minimum Gasteiger partial charge on any atom is -0.461 e. The highest BCUT2D eigenvalue weighted by atomic mass is 16.5. The summed E-state index contributed by atoms with van der Waals surface area (Å²) in [5, 5.41) is 8.18. The highest BCUT2D eigenvalue weighted by molar-refractivity contribution is 6.15. The van der Waals surface area contributed by atoms with Crippen molar-refractivity contribution in [2.75, 3.05) is 6.61 Å². The van der Waals surface area contributed by atoms with Crippen molar-refractivity contribution in [3.63, 3.8) is 0 Å². The van der Waals surface area contributed by atoms with Gasteiger partial charge in [-0.1, -0.05) is 19.0 Å². The molecule has 2 heterocycles. The van der Waals surface area contributed by atoms with Gasteiger partial charge in [-0.05, 0) is 62.8 Å². The number of carbonyl (C=O) groups is 2. The number of esters is 1. The fourth-order valence-corrected chi connectivity index (χ4v) is 3.71. The quantitative estimate of drug-likeness (QED) is 0.399. The molecule has 0 amide bonds. The molecule has 1 aliphatic carbocycles. The van der Waals surface area contributed by atoms with E-state index in [1.165, 1.54) is 6.33 Å². The molecular weight excluding hydrogens is 396 g/mol. The van der Waals surface area contributed by atoms with Gasteiger partial charge >= 0.3 is 5.97 Å². The number of benzene rings is 1. The number of ether oxygens (including phenoxy) is 1. The lowest BCUT2D eigenvalue weighted by atomic mass is 9.91. The molecule has 0 spiro atoms. The molecule has 0 atom stereocenters. The van der Waals surface area contributed by atoms with Crippen LogP contribution >= 0.6 is 0 Å². The van der Waals surface area contributed by atoms with Crippen LogP contribution in [0.3, 0.4) is 0 Å². The van der Waals surface area contributed by atoms with E-state index < -0.39 is 5.97 Å². The zero-order valence-electron chi connectivity index (χ0n) is 18.2. The standard InChI is InChI=1S/C23H26N4O4/c1-5-30-23(29)20-19(22(31-26-20)15-6-7-15)21(28)18-9-8-17(11-16(18)10-13(2)3)27-14(4)24-12-25-27/h8-9,11-13,15H,5-7,10H2,1-4H3. The Balaban J connectivity index is 1.80. The summed E-state index contributed by atoms with van der Waals surface area (Å²) in [6.07, 6.45) is 4.03. The van der Waals surface area contributed by atoms with E-state index in [1.807, 2.05) is 19.1 Å². The maximum Gasteiger partial charge on any atom is 0.361 e.